The van der Waals surface area contributed by atoms with Gasteiger partial charge in [0.1, 0.15) is 18.0 Å². The van der Waals surface area contributed by atoms with E-state index in [1.54, 1.807) is 6.07 Å². The lowest BCUT2D eigenvalue weighted by Gasteiger charge is -2.24. The average Bonchev–Trinajstić information content (AvgIpc) is 3.08. The Morgan fingerprint density at radius 2 is 2.04 bits per heavy atom. The molecule has 0 spiro atoms. The van der Waals surface area contributed by atoms with Crippen LogP contribution in [0, 0.1) is 5.92 Å². The Balaban J connectivity index is 1.35. The summed E-state index contributed by atoms with van der Waals surface area (Å²) >= 11 is 5.82. The van der Waals surface area contributed by atoms with E-state index in [2.05, 4.69) is 9.88 Å². The maximum Gasteiger partial charge on any atom is 0.171 e. The number of aliphatic hydroxyl groups excluding tert-OH is 1. The summed E-state index contributed by atoms with van der Waals surface area (Å²) in [4.78, 5) is 6.07. The summed E-state index contributed by atoms with van der Waals surface area (Å²) in [5, 5.41) is 30.9. The summed E-state index contributed by atoms with van der Waals surface area (Å²) in [6, 6.07) is 12.7. The Labute approximate surface area is 163 Å². The van der Waals surface area contributed by atoms with Crippen molar-refractivity contribution in [1.29, 1.82) is 0 Å². The molecule has 27 heavy (non-hydrogen) atoms. The number of benzene rings is 1. The van der Waals surface area contributed by atoms with Gasteiger partial charge >= 0.3 is 0 Å². The number of halogens is 1. The maximum absolute atomic E-state index is 11.0. The monoisotopic (exact) mass is 390 g/mol. The molecule has 1 saturated carbocycles. The second-order valence-electron chi connectivity index (χ2n) is 7.55. The number of para-hydroxylation sites is 1. The fourth-order valence-electron chi connectivity index (χ4n) is 4.27. The molecule has 7 heteroatoms. The lowest BCUT2D eigenvalue weighted by atomic mass is 9.95. The molecule has 3 N–H and O–H groups in total. The number of ether oxygens (including phenoxy) is 1. The number of rotatable bonds is 5. The summed E-state index contributed by atoms with van der Waals surface area (Å²) in [5.41, 5.74) is -0.383. The van der Waals surface area contributed by atoms with E-state index < -0.39 is 11.7 Å². The van der Waals surface area contributed by atoms with Crippen molar-refractivity contribution in [3.8, 4) is 11.5 Å². The van der Waals surface area contributed by atoms with E-state index in [1.165, 1.54) is 6.07 Å². The first kappa shape index (κ1) is 18.5. The number of hydrogen-bond acceptors (Lipinski definition) is 6. The molecule has 1 aromatic carbocycles. The number of aromatic nitrogens is 1. The normalized spacial score (nSPS) is 28.9. The molecule has 1 saturated heterocycles. The first-order valence-corrected chi connectivity index (χ1v) is 9.51. The van der Waals surface area contributed by atoms with Crippen molar-refractivity contribution >= 4 is 11.6 Å². The number of nitrogens with zero attached hydrogens (tertiary/aromatic N) is 2. The zero-order valence-electron chi connectivity index (χ0n) is 14.8. The molecular formula is C20H23ClN2O4. The van der Waals surface area contributed by atoms with Crippen LogP contribution in [0.3, 0.4) is 0 Å². The van der Waals surface area contributed by atoms with Crippen molar-refractivity contribution in [1.82, 2.24) is 9.88 Å². The Bertz CT molecular complexity index is 806. The van der Waals surface area contributed by atoms with Gasteiger partial charge in [0, 0.05) is 32.0 Å². The number of pyridine rings is 1. The van der Waals surface area contributed by atoms with E-state index in [1.807, 2.05) is 30.3 Å². The van der Waals surface area contributed by atoms with Gasteiger partial charge in [0.2, 0.25) is 0 Å². The quantitative estimate of drug-likeness (QED) is 0.679. The molecule has 4 rings (SSSR count). The highest BCUT2D eigenvalue weighted by atomic mass is 35.5. The Hall–Kier alpha value is -1.86. The SMILES string of the molecule is Oc1ccc([C@H](O)CN2C[C@H]3C[C@H](Oc4ccccc4)C[C@@]3(O)C2)nc1Cl. The third-order valence-corrected chi connectivity index (χ3v) is 5.81. The van der Waals surface area contributed by atoms with Gasteiger partial charge in [0.25, 0.3) is 0 Å². The minimum atomic E-state index is -0.832. The third-order valence-electron chi connectivity index (χ3n) is 5.53. The predicted molar refractivity (Wildman–Crippen MR) is 101 cm³/mol. The number of aromatic hydroxyl groups is 1. The Kier molecular flexibility index (Phi) is 4.99. The van der Waals surface area contributed by atoms with Crippen molar-refractivity contribution in [3.05, 3.63) is 53.3 Å². The van der Waals surface area contributed by atoms with Gasteiger partial charge < -0.3 is 20.1 Å². The van der Waals surface area contributed by atoms with Crippen molar-refractivity contribution in [2.24, 2.45) is 5.92 Å². The molecular weight excluding hydrogens is 368 g/mol. The second kappa shape index (κ2) is 7.28. The van der Waals surface area contributed by atoms with E-state index in [4.69, 9.17) is 16.3 Å². The first-order valence-electron chi connectivity index (χ1n) is 9.13. The van der Waals surface area contributed by atoms with Crippen LogP contribution in [-0.4, -0.2) is 56.5 Å². The largest absolute Gasteiger partial charge is 0.505 e. The van der Waals surface area contributed by atoms with Crippen LogP contribution >= 0.6 is 11.6 Å². The molecule has 144 valence electrons. The second-order valence-corrected chi connectivity index (χ2v) is 7.91. The molecule has 0 radical (unpaired) electrons. The summed E-state index contributed by atoms with van der Waals surface area (Å²) < 4.78 is 6.01. The van der Waals surface area contributed by atoms with Gasteiger partial charge in [-0.3, -0.25) is 4.90 Å². The fraction of sp³-hybridized carbons (Fsp3) is 0.450. The van der Waals surface area contributed by atoms with E-state index in [9.17, 15) is 15.3 Å². The van der Waals surface area contributed by atoms with E-state index >= 15 is 0 Å². The molecule has 1 aromatic heterocycles. The summed E-state index contributed by atoms with van der Waals surface area (Å²) in [5.74, 6) is 0.838. The minimum absolute atomic E-state index is 0.00652. The highest BCUT2D eigenvalue weighted by molar-refractivity contribution is 6.30. The Morgan fingerprint density at radius 1 is 1.26 bits per heavy atom. The van der Waals surface area contributed by atoms with E-state index in [-0.39, 0.29) is 22.9 Å². The third kappa shape index (κ3) is 3.89. The molecule has 0 amide bonds. The summed E-state index contributed by atoms with van der Waals surface area (Å²) in [7, 11) is 0. The highest BCUT2D eigenvalue weighted by Crippen LogP contribution is 2.43. The average molecular weight is 391 g/mol. The highest BCUT2D eigenvalue weighted by Gasteiger charge is 2.52. The standard InChI is InChI=1S/C20H23ClN2O4/c21-19-17(24)7-6-16(22-19)18(25)11-23-10-13-8-15(9-20(13,26)12-23)27-14-4-2-1-3-5-14/h1-7,13,15,18,24-26H,8-12H2/t13-,15+,18-,20-/m1/s1. The summed E-state index contributed by atoms with van der Waals surface area (Å²) in [6.07, 6.45) is 0.554. The van der Waals surface area contributed by atoms with Crippen molar-refractivity contribution in [3.63, 3.8) is 0 Å². The minimum Gasteiger partial charge on any atom is -0.505 e. The molecule has 4 atom stereocenters. The van der Waals surface area contributed by atoms with Crippen molar-refractivity contribution < 1.29 is 20.1 Å². The van der Waals surface area contributed by atoms with Gasteiger partial charge in [-0.2, -0.15) is 0 Å². The zero-order valence-corrected chi connectivity index (χ0v) is 15.6. The van der Waals surface area contributed by atoms with Crippen LogP contribution in [-0.2, 0) is 0 Å². The molecule has 2 heterocycles. The zero-order chi connectivity index (χ0) is 19.0. The van der Waals surface area contributed by atoms with E-state index in [0.717, 1.165) is 12.2 Å². The van der Waals surface area contributed by atoms with Crippen LogP contribution in [0.25, 0.3) is 0 Å². The molecule has 0 bridgehead atoms. The Morgan fingerprint density at radius 3 is 2.74 bits per heavy atom. The first-order chi connectivity index (χ1) is 12.9. The van der Waals surface area contributed by atoms with E-state index in [0.29, 0.717) is 31.7 Å². The number of hydrogen-bond donors (Lipinski definition) is 3. The molecule has 0 unspecified atom stereocenters. The number of likely N-dealkylation sites (tertiary alicyclic amines) is 1. The van der Waals surface area contributed by atoms with Crippen LogP contribution in [0.2, 0.25) is 5.15 Å². The summed E-state index contributed by atoms with van der Waals surface area (Å²) in [6.45, 7) is 1.56. The lowest BCUT2D eigenvalue weighted by Crippen LogP contribution is -2.36. The molecule has 2 fully saturated rings. The molecule has 6 nitrogen and oxygen atoms in total. The predicted octanol–water partition coefficient (Wildman–Crippen LogP) is 2.38. The van der Waals surface area contributed by atoms with Crippen molar-refractivity contribution in [2.45, 2.75) is 30.7 Å². The number of aliphatic hydroxyl groups is 2. The van der Waals surface area contributed by atoms with Gasteiger partial charge in [-0.05, 0) is 30.7 Å². The molecule has 2 aliphatic rings. The van der Waals surface area contributed by atoms with Crippen LogP contribution in [0.5, 0.6) is 11.5 Å². The molecule has 1 aliphatic heterocycles. The van der Waals surface area contributed by atoms with Crippen LogP contribution in [0.1, 0.15) is 24.6 Å². The molecule has 2 aromatic rings. The fourth-order valence-corrected chi connectivity index (χ4v) is 4.43. The van der Waals surface area contributed by atoms with Gasteiger partial charge in [-0.1, -0.05) is 29.8 Å². The van der Waals surface area contributed by atoms with Gasteiger partial charge in [-0.15, -0.1) is 0 Å². The lowest BCUT2D eigenvalue weighted by molar-refractivity contribution is 0.0177. The van der Waals surface area contributed by atoms with Gasteiger partial charge in [-0.25, -0.2) is 4.98 Å². The number of fused-ring (bicyclic) bond motifs is 1. The van der Waals surface area contributed by atoms with Crippen LogP contribution in [0.15, 0.2) is 42.5 Å². The number of β-amino-alcohol motifs (C(OH)–C–C–N with tert-alkyl or cyclic N) is 2. The van der Waals surface area contributed by atoms with Crippen LogP contribution in [0.4, 0.5) is 0 Å². The maximum atomic E-state index is 11.0. The van der Waals surface area contributed by atoms with Crippen molar-refractivity contribution in [2.75, 3.05) is 19.6 Å². The topological polar surface area (TPSA) is 86.1 Å². The smallest absolute Gasteiger partial charge is 0.171 e. The van der Waals surface area contributed by atoms with Crippen LogP contribution < -0.4 is 4.74 Å². The van der Waals surface area contributed by atoms with Gasteiger partial charge in [0.15, 0.2) is 10.9 Å². The van der Waals surface area contributed by atoms with Gasteiger partial charge in [0.05, 0.1) is 11.3 Å². The molecule has 1 aliphatic carbocycles.